The van der Waals surface area contributed by atoms with Crippen LogP contribution in [-0.2, 0) is 6.42 Å². The number of amides is 1. The molecule has 1 heterocycles. The van der Waals surface area contributed by atoms with Gasteiger partial charge in [0.15, 0.2) is 0 Å². The molecule has 0 radical (unpaired) electrons. The first-order chi connectivity index (χ1) is 9.22. The van der Waals surface area contributed by atoms with Crippen LogP contribution in [0.2, 0.25) is 0 Å². The molecule has 3 heteroatoms. The van der Waals surface area contributed by atoms with Gasteiger partial charge in [0.25, 0.3) is 5.91 Å². The van der Waals surface area contributed by atoms with Crippen LogP contribution in [0.25, 0.3) is 0 Å². The summed E-state index contributed by atoms with van der Waals surface area (Å²) >= 11 is 0. The average Bonchev–Trinajstić information content (AvgIpc) is 2.48. The van der Waals surface area contributed by atoms with Gasteiger partial charge in [-0.1, -0.05) is 37.6 Å². The van der Waals surface area contributed by atoms with Crippen LogP contribution in [-0.4, -0.2) is 24.0 Å². The third kappa shape index (κ3) is 3.67. The highest BCUT2D eigenvalue weighted by Crippen LogP contribution is 2.12. The number of nitrogens with one attached hydrogen (secondary N) is 1. The second kappa shape index (κ2) is 6.53. The van der Waals surface area contributed by atoms with Crippen LogP contribution in [0.15, 0.2) is 35.9 Å². The van der Waals surface area contributed by atoms with Crippen molar-refractivity contribution in [3.8, 4) is 0 Å². The molecule has 102 valence electrons. The minimum absolute atomic E-state index is 0.0176. The molecule has 19 heavy (non-hydrogen) atoms. The maximum atomic E-state index is 12.1. The molecule has 2 rings (SSSR count). The molecule has 0 aliphatic carbocycles. The van der Waals surface area contributed by atoms with Crippen molar-refractivity contribution < 1.29 is 4.79 Å². The van der Waals surface area contributed by atoms with E-state index in [2.05, 4.69) is 25.3 Å². The largest absolute Gasteiger partial charge is 0.284 e. The third-order valence-electron chi connectivity index (χ3n) is 3.64. The Labute approximate surface area is 115 Å². The first-order valence-electron chi connectivity index (χ1n) is 7.05. The Kier molecular flexibility index (Phi) is 4.74. The van der Waals surface area contributed by atoms with Crippen molar-refractivity contribution in [2.24, 2.45) is 0 Å². The SMILES string of the molecule is CCC1=CCN(NC(=O)c2ccc(CC)cc2)CC1. The summed E-state index contributed by atoms with van der Waals surface area (Å²) < 4.78 is 0. The Hall–Kier alpha value is -1.61. The Morgan fingerprint density at radius 3 is 2.47 bits per heavy atom. The van der Waals surface area contributed by atoms with Gasteiger partial charge < -0.3 is 0 Å². The fourth-order valence-corrected chi connectivity index (χ4v) is 2.23. The number of hydrogen-bond acceptors (Lipinski definition) is 2. The number of rotatable bonds is 4. The van der Waals surface area contributed by atoms with Gasteiger partial charge in [-0.05, 0) is 37.0 Å². The van der Waals surface area contributed by atoms with Crippen molar-refractivity contribution in [1.82, 2.24) is 10.4 Å². The van der Waals surface area contributed by atoms with Crippen molar-refractivity contribution in [3.63, 3.8) is 0 Å². The van der Waals surface area contributed by atoms with Crippen LogP contribution in [0.3, 0.4) is 0 Å². The Balaban J connectivity index is 1.92. The molecule has 0 saturated heterocycles. The summed E-state index contributed by atoms with van der Waals surface area (Å²) in [5.41, 5.74) is 6.43. The number of carbonyl (C=O) groups excluding carboxylic acids is 1. The van der Waals surface area contributed by atoms with Gasteiger partial charge >= 0.3 is 0 Å². The third-order valence-corrected chi connectivity index (χ3v) is 3.64. The summed E-state index contributed by atoms with van der Waals surface area (Å²) in [7, 11) is 0. The zero-order valence-corrected chi connectivity index (χ0v) is 11.8. The van der Waals surface area contributed by atoms with E-state index in [0.717, 1.165) is 37.9 Å². The van der Waals surface area contributed by atoms with E-state index in [9.17, 15) is 4.79 Å². The average molecular weight is 258 g/mol. The number of benzene rings is 1. The second-order valence-corrected chi connectivity index (χ2v) is 4.90. The fraction of sp³-hybridized carbons (Fsp3) is 0.438. The molecule has 0 saturated carbocycles. The zero-order valence-electron chi connectivity index (χ0n) is 11.8. The lowest BCUT2D eigenvalue weighted by molar-refractivity contribution is 0.0801. The monoisotopic (exact) mass is 258 g/mol. The molecular weight excluding hydrogens is 236 g/mol. The van der Waals surface area contributed by atoms with E-state index < -0.39 is 0 Å². The van der Waals surface area contributed by atoms with E-state index in [0.29, 0.717) is 0 Å². The minimum atomic E-state index is -0.0176. The number of carbonyl (C=O) groups is 1. The van der Waals surface area contributed by atoms with Crippen LogP contribution in [0.5, 0.6) is 0 Å². The molecule has 3 nitrogen and oxygen atoms in total. The van der Waals surface area contributed by atoms with Crippen molar-refractivity contribution >= 4 is 5.91 Å². The molecule has 1 N–H and O–H groups in total. The summed E-state index contributed by atoms with van der Waals surface area (Å²) in [6.07, 6.45) is 5.37. The standard InChI is InChI=1S/C16H22N2O/c1-3-13-5-7-15(8-6-13)16(19)17-18-11-9-14(4-2)10-12-18/h5-9H,3-4,10-12H2,1-2H3,(H,17,19). The summed E-state index contributed by atoms with van der Waals surface area (Å²) in [5, 5.41) is 1.98. The number of hydrogen-bond donors (Lipinski definition) is 1. The van der Waals surface area contributed by atoms with Crippen molar-refractivity contribution in [2.75, 3.05) is 13.1 Å². The van der Waals surface area contributed by atoms with Gasteiger partial charge in [-0.15, -0.1) is 0 Å². The Morgan fingerprint density at radius 1 is 1.21 bits per heavy atom. The maximum Gasteiger partial charge on any atom is 0.265 e. The number of hydrazine groups is 1. The summed E-state index contributed by atoms with van der Waals surface area (Å²) in [6, 6.07) is 7.82. The van der Waals surface area contributed by atoms with Crippen LogP contribution in [0, 0.1) is 0 Å². The Morgan fingerprint density at radius 2 is 1.95 bits per heavy atom. The Bertz CT molecular complexity index is 462. The van der Waals surface area contributed by atoms with E-state index in [1.807, 2.05) is 29.3 Å². The quantitative estimate of drug-likeness (QED) is 0.842. The van der Waals surface area contributed by atoms with Crippen LogP contribution in [0.4, 0.5) is 0 Å². The smallest absolute Gasteiger partial charge is 0.265 e. The van der Waals surface area contributed by atoms with Crippen molar-refractivity contribution in [1.29, 1.82) is 0 Å². The molecule has 0 aromatic heterocycles. The van der Waals surface area contributed by atoms with Gasteiger partial charge in [-0.25, -0.2) is 5.01 Å². The molecule has 1 aliphatic rings. The first-order valence-corrected chi connectivity index (χ1v) is 7.05. The van der Waals surface area contributed by atoms with Gasteiger partial charge in [0.1, 0.15) is 0 Å². The number of aryl methyl sites for hydroxylation is 1. The summed E-state index contributed by atoms with van der Waals surface area (Å²) in [6.45, 7) is 6.00. The lowest BCUT2D eigenvalue weighted by Crippen LogP contribution is -2.44. The van der Waals surface area contributed by atoms with Crippen LogP contribution in [0.1, 0.15) is 42.6 Å². The first kappa shape index (κ1) is 13.8. The highest BCUT2D eigenvalue weighted by atomic mass is 16.2. The van der Waals surface area contributed by atoms with Gasteiger partial charge in [0.05, 0.1) is 0 Å². The predicted octanol–water partition coefficient (Wildman–Crippen LogP) is 2.94. The molecular formula is C16H22N2O. The van der Waals surface area contributed by atoms with E-state index >= 15 is 0 Å². The van der Waals surface area contributed by atoms with Gasteiger partial charge in [0.2, 0.25) is 0 Å². The highest BCUT2D eigenvalue weighted by molar-refractivity contribution is 5.93. The molecule has 1 amide bonds. The number of nitrogens with zero attached hydrogens (tertiary/aromatic N) is 1. The van der Waals surface area contributed by atoms with Gasteiger partial charge in [-0.2, -0.15) is 0 Å². The van der Waals surface area contributed by atoms with E-state index in [4.69, 9.17) is 0 Å². The molecule has 0 bridgehead atoms. The van der Waals surface area contributed by atoms with E-state index in [1.54, 1.807) is 0 Å². The molecule has 0 unspecified atom stereocenters. The minimum Gasteiger partial charge on any atom is -0.284 e. The van der Waals surface area contributed by atoms with E-state index in [-0.39, 0.29) is 5.91 Å². The molecule has 0 spiro atoms. The highest BCUT2D eigenvalue weighted by Gasteiger charge is 2.14. The predicted molar refractivity (Wildman–Crippen MR) is 77.9 cm³/mol. The lowest BCUT2D eigenvalue weighted by atomic mass is 10.1. The molecule has 0 atom stereocenters. The summed E-state index contributed by atoms with van der Waals surface area (Å²) in [4.78, 5) is 12.1. The fourth-order valence-electron chi connectivity index (χ4n) is 2.23. The van der Waals surface area contributed by atoms with Gasteiger partial charge in [0, 0.05) is 18.7 Å². The summed E-state index contributed by atoms with van der Waals surface area (Å²) in [5.74, 6) is -0.0176. The van der Waals surface area contributed by atoms with Crippen molar-refractivity contribution in [2.45, 2.75) is 33.1 Å². The molecule has 1 aromatic carbocycles. The lowest BCUT2D eigenvalue weighted by Gasteiger charge is -2.26. The maximum absolute atomic E-state index is 12.1. The molecule has 1 aromatic rings. The topological polar surface area (TPSA) is 32.3 Å². The molecule has 1 aliphatic heterocycles. The van der Waals surface area contributed by atoms with Crippen molar-refractivity contribution in [3.05, 3.63) is 47.0 Å². The van der Waals surface area contributed by atoms with Gasteiger partial charge in [-0.3, -0.25) is 10.2 Å². The normalized spacial score (nSPS) is 16.0. The zero-order chi connectivity index (χ0) is 13.7. The van der Waals surface area contributed by atoms with Crippen LogP contribution < -0.4 is 5.43 Å². The second-order valence-electron chi connectivity index (χ2n) is 4.90. The molecule has 0 fully saturated rings. The van der Waals surface area contributed by atoms with Crippen LogP contribution >= 0.6 is 0 Å². The van der Waals surface area contributed by atoms with E-state index in [1.165, 1.54) is 11.1 Å².